The number of nitrogens with two attached hydrogens (primary N) is 1. The summed E-state index contributed by atoms with van der Waals surface area (Å²) in [4.78, 5) is 13.3. The highest BCUT2D eigenvalue weighted by molar-refractivity contribution is 5.65. The molecule has 0 saturated carbocycles. The van der Waals surface area contributed by atoms with E-state index in [2.05, 4.69) is 5.16 Å². The lowest BCUT2D eigenvalue weighted by Gasteiger charge is -2.33. The van der Waals surface area contributed by atoms with Gasteiger partial charge in [0.2, 0.25) is 0 Å². The minimum Gasteiger partial charge on any atom is -0.437 e. The molecule has 1 aromatic carbocycles. The predicted molar refractivity (Wildman–Crippen MR) is 87.7 cm³/mol. The van der Waals surface area contributed by atoms with Gasteiger partial charge in [-0.25, -0.2) is 4.79 Å². The van der Waals surface area contributed by atoms with Crippen molar-refractivity contribution in [2.24, 2.45) is 11.1 Å². The first-order valence-electron chi connectivity index (χ1n) is 7.42. The summed E-state index contributed by atoms with van der Waals surface area (Å²) < 4.78 is 10.8. The molecule has 0 bridgehead atoms. The molecule has 0 saturated heterocycles. The molecular weight excluding hydrogens is 294 g/mol. The number of carbonyl (C=O) groups is 1. The molecule has 0 aliphatic rings. The van der Waals surface area contributed by atoms with Crippen LogP contribution >= 0.6 is 0 Å². The zero-order valence-electron chi connectivity index (χ0n) is 13.9. The van der Waals surface area contributed by atoms with E-state index in [-0.39, 0.29) is 0 Å². The van der Waals surface area contributed by atoms with Crippen molar-refractivity contribution in [3.8, 4) is 11.3 Å². The Hall–Kier alpha value is -2.34. The van der Waals surface area contributed by atoms with Crippen molar-refractivity contribution in [2.45, 2.75) is 20.0 Å². The summed E-state index contributed by atoms with van der Waals surface area (Å²) in [7, 11) is 3.91. The molecule has 0 spiro atoms. The number of ether oxygens (including phenoxy) is 1. The van der Waals surface area contributed by atoms with Crippen molar-refractivity contribution < 1.29 is 14.1 Å². The third-order valence-corrected chi connectivity index (χ3v) is 3.52. The van der Waals surface area contributed by atoms with Crippen molar-refractivity contribution in [3.63, 3.8) is 0 Å². The third kappa shape index (κ3) is 4.32. The Balaban J connectivity index is 2.33. The number of hydrogen-bond acceptors (Lipinski definition) is 5. The lowest BCUT2D eigenvalue weighted by atomic mass is 9.84. The number of nitrogens with zero attached hydrogens (tertiary/aromatic N) is 2. The molecule has 1 heterocycles. The predicted octanol–water partition coefficient (Wildman–Crippen LogP) is 3.07. The fourth-order valence-corrected chi connectivity index (χ4v) is 2.77. The summed E-state index contributed by atoms with van der Waals surface area (Å²) in [5.41, 5.74) is 6.47. The fraction of sp³-hybridized carbons (Fsp3) is 0.412. The van der Waals surface area contributed by atoms with Gasteiger partial charge in [0.05, 0.1) is 0 Å². The fourth-order valence-electron chi connectivity index (χ4n) is 2.77. The van der Waals surface area contributed by atoms with E-state index in [1.165, 1.54) is 0 Å². The van der Waals surface area contributed by atoms with Gasteiger partial charge in [0, 0.05) is 23.6 Å². The van der Waals surface area contributed by atoms with Crippen LogP contribution in [-0.2, 0) is 4.74 Å². The molecule has 1 atom stereocenters. The smallest absolute Gasteiger partial charge is 0.405 e. The summed E-state index contributed by atoms with van der Waals surface area (Å²) in [6.07, 6.45) is -1.45. The molecule has 1 aromatic heterocycles. The van der Waals surface area contributed by atoms with Gasteiger partial charge >= 0.3 is 6.09 Å². The minimum absolute atomic E-state index is 0.397. The van der Waals surface area contributed by atoms with Crippen LogP contribution in [-0.4, -0.2) is 36.8 Å². The van der Waals surface area contributed by atoms with Crippen LogP contribution in [0.15, 0.2) is 40.9 Å². The lowest BCUT2D eigenvalue weighted by Crippen LogP contribution is -2.37. The highest BCUT2D eigenvalue weighted by Gasteiger charge is 2.37. The second kappa shape index (κ2) is 6.83. The molecule has 0 radical (unpaired) electrons. The minimum atomic E-state index is -0.834. The van der Waals surface area contributed by atoms with E-state index in [1.54, 1.807) is 6.07 Å². The highest BCUT2D eigenvalue weighted by atomic mass is 16.6. The molecule has 0 aliphatic heterocycles. The van der Waals surface area contributed by atoms with Crippen molar-refractivity contribution >= 4 is 6.09 Å². The average Bonchev–Trinajstić information content (AvgIpc) is 2.93. The molecule has 1 unspecified atom stereocenters. The summed E-state index contributed by atoms with van der Waals surface area (Å²) in [6.45, 7) is 4.67. The van der Waals surface area contributed by atoms with Crippen LogP contribution in [0.4, 0.5) is 4.79 Å². The third-order valence-electron chi connectivity index (χ3n) is 3.52. The topological polar surface area (TPSA) is 81.6 Å². The van der Waals surface area contributed by atoms with Crippen LogP contribution in [0.3, 0.4) is 0 Å². The standard InChI is InChI=1S/C17H23N3O3/c1-17(2,11-20(3)4)15(22-16(18)21)14-10-13(19-23-14)12-8-6-5-7-9-12/h5-10,15H,11H2,1-4H3,(H2,18,21). The van der Waals surface area contributed by atoms with Crippen molar-refractivity contribution in [1.29, 1.82) is 0 Å². The maximum atomic E-state index is 11.3. The number of amides is 1. The maximum absolute atomic E-state index is 11.3. The van der Waals surface area contributed by atoms with Crippen LogP contribution in [0.2, 0.25) is 0 Å². The molecule has 6 heteroatoms. The molecule has 2 aromatic rings. The normalized spacial score (nSPS) is 13.1. The van der Waals surface area contributed by atoms with Gasteiger partial charge in [-0.1, -0.05) is 49.3 Å². The number of rotatable bonds is 6. The quantitative estimate of drug-likeness (QED) is 0.885. The number of aromatic nitrogens is 1. The Morgan fingerprint density at radius 2 is 2.00 bits per heavy atom. The van der Waals surface area contributed by atoms with Crippen LogP contribution < -0.4 is 5.73 Å². The van der Waals surface area contributed by atoms with E-state index in [9.17, 15) is 4.79 Å². The van der Waals surface area contributed by atoms with Gasteiger partial charge in [0.1, 0.15) is 5.69 Å². The molecule has 0 fully saturated rings. The molecule has 2 N–H and O–H groups in total. The first-order chi connectivity index (χ1) is 10.8. The summed E-state index contributed by atoms with van der Waals surface area (Å²) in [6, 6.07) is 11.5. The molecule has 1 amide bonds. The number of carbonyl (C=O) groups excluding carboxylic acids is 1. The molecule has 6 nitrogen and oxygen atoms in total. The molecular formula is C17H23N3O3. The first-order valence-corrected chi connectivity index (χ1v) is 7.42. The average molecular weight is 317 g/mol. The Kier molecular flexibility index (Phi) is 5.05. The van der Waals surface area contributed by atoms with Crippen molar-refractivity contribution in [2.75, 3.05) is 20.6 Å². The van der Waals surface area contributed by atoms with E-state index in [0.717, 1.165) is 5.56 Å². The summed E-state index contributed by atoms with van der Waals surface area (Å²) in [5, 5.41) is 4.09. The first kappa shape index (κ1) is 17.0. The van der Waals surface area contributed by atoms with Crippen LogP contribution in [0.5, 0.6) is 0 Å². The number of hydrogen-bond donors (Lipinski definition) is 1. The Morgan fingerprint density at radius 3 is 2.57 bits per heavy atom. The summed E-state index contributed by atoms with van der Waals surface area (Å²) in [5.74, 6) is 0.481. The van der Waals surface area contributed by atoms with Gasteiger partial charge in [0.15, 0.2) is 11.9 Å². The van der Waals surface area contributed by atoms with E-state index in [1.807, 2.05) is 63.2 Å². The monoisotopic (exact) mass is 317 g/mol. The second-order valence-electron chi connectivity index (χ2n) is 6.52. The van der Waals surface area contributed by atoms with E-state index in [0.29, 0.717) is 18.0 Å². The second-order valence-corrected chi connectivity index (χ2v) is 6.52. The summed E-state index contributed by atoms with van der Waals surface area (Å²) >= 11 is 0. The lowest BCUT2D eigenvalue weighted by molar-refractivity contribution is -0.00315. The maximum Gasteiger partial charge on any atom is 0.405 e. The van der Waals surface area contributed by atoms with E-state index < -0.39 is 17.6 Å². The molecule has 23 heavy (non-hydrogen) atoms. The van der Waals surface area contributed by atoms with E-state index >= 15 is 0 Å². The van der Waals surface area contributed by atoms with Gasteiger partial charge in [-0.05, 0) is 14.1 Å². The molecule has 2 rings (SSSR count). The largest absolute Gasteiger partial charge is 0.437 e. The Morgan fingerprint density at radius 1 is 1.35 bits per heavy atom. The Labute approximate surface area is 136 Å². The van der Waals surface area contributed by atoms with Crippen LogP contribution in [0.25, 0.3) is 11.3 Å². The van der Waals surface area contributed by atoms with Gasteiger partial charge < -0.3 is 19.9 Å². The van der Waals surface area contributed by atoms with Gasteiger partial charge in [-0.3, -0.25) is 0 Å². The molecule has 124 valence electrons. The Bertz CT molecular complexity index is 650. The number of primary amides is 1. The van der Waals surface area contributed by atoms with Crippen LogP contribution in [0, 0.1) is 5.41 Å². The SMILES string of the molecule is CN(C)CC(C)(C)C(OC(N)=O)c1cc(-c2ccccc2)no1. The number of benzene rings is 1. The zero-order chi connectivity index (χ0) is 17.0. The van der Waals surface area contributed by atoms with E-state index in [4.69, 9.17) is 15.0 Å². The van der Waals surface area contributed by atoms with Crippen molar-refractivity contribution in [1.82, 2.24) is 10.1 Å². The van der Waals surface area contributed by atoms with Crippen LogP contribution in [0.1, 0.15) is 25.7 Å². The van der Waals surface area contributed by atoms with Gasteiger partial charge in [0.25, 0.3) is 0 Å². The molecule has 0 aliphatic carbocycles. The van der Waals surface area contributed by atoms with Gasteiger partial charge in [-0.2, -0.15) is 0 Å². The van der Waals surface area contributed by atoms with Gasteiger partial charge in [-0.15, -0.1) is 0 Å². The highest BCUT2D eigenvalue weighted by Crippen LogP contribution is 2.38. The van der Waals surface area contributed by atoms with Crippen molar-refractivity contribution in [3.05, 3.63) is 42.2 Å². The zero-order valence-corrected chi connectivity index (χ0v) is 13.9.